The number of nitrogens with zero attached hydrogens (tertiary/aromatic N) is 2. The Kier molecular flexibility index (Phi) is 3.85. The van der Waals surface area contributed by atoms with E-state index in [0.29, 0.717) is 15.8 Å². The molecule has 0 aliphatic rings. The quantitative estimate of drug-likeness (QED) is 0.325. The lowest BCUT2D eigenvalue weighted by molar-refractivity contribution is 0.441. The average Bonchev–Trinajstić information content (AvgIpc) is 3.13. The molecule has 0 fully saturated rings. The molecule has 0 radical (unpaired) electrons. The number of hydrogen-bond donors (Lipinski definition) is 0. The molecule has 27 heavy (non-hydrogen) atoms. The lowest BCUT2D eigenvalue weighted by atomic mass is 10.0. The summed E-state index contributed by atoms with van der Waals surface area (Å²) in [6.07, 6.45) is 0. The van der Waals surface area contributed by atoms with Gasteiger partial charge in [-0.25, -0.2) is 4.98 Å². The Hall–Kier alpha value is -2.88. The van der Waals surface area contributed by atoms with Gasteiger partial charge in [0.1, 0.15) is 5.52 Å². The number of rotatable bonds is 2. The molecule has 130 valence electrons. The summed E-state index contributed by atoms with van der Waals surface area (Å²) in [5, 5.41) is 7.22. The van der Waals surface area contributed by atoms with Gasteiger partial charge in [0.15, 0.2) is 5.76 Å². The normalized spacial score (nSPS) is 11.3. The van der Waals surface area contributed by atoms with Crippen LogP contribution in [0, 0.1) is 0 Å². The van der Waals surface area contributed by atoms with Crippen LogP contribution in [0.3, 0.4) is 0 Å². The summed E-state index contributed by atoms with van der Waals surface area (Å²) < 4.78 is 5.77. The Labute approximate surface area is 165 Å². The standard InChI is InChI=1S/C22H12Cl2N2O/c23-14-10-11-15(17(24)12-14)22-19-20(13-6-2-1-3-7-13)25-18-9-5-4-8-16(18)21(19)26-27-22/h1-12H. The Morgan fingerprint density at radius 2 is 1.59 bits per heavy atom. The van der Waals surface area contributed by atoms with Gasteiger partial charge < -0.3 is 4.52 Å². The Balaban J connectivity index is 1.92. The molecule has 5 rings (SSSR count). The molecule has 3 aromatic carbocycles. The van der Waals surface area contributed by atoms with E-state index in [1.165, 1.54) is 0 Å². The van der Waals surface area contributed by atoms with E-state index in [1.54, 1.807) is 12.1 Å². The highest BCUT2D eigenvalue weighted by Gasteiger charge is 2.21. The summed E-state index contributed by atoms with van der Waals surface area (Å²) in [7, 11) is 0. The fraction of sp³-hybridized carbons (Fsp3) is 0. The van der Waals surface area contributed by atoms with Gasteiger partial charge in [-0.2, -0.15) is 0 Å². The molecule has 0 aliphatic heterocycles. The molecule has 3 nitrogen and oxygen atoms in total. The molecule has 0 N–H and O–H groups in total. The van der Waals surface area contributed by atoms with Crippen molar-refractivity contribution in [1.29, 1.82) is 0 Å². The van der Waals surface area contributed by atoms with E-state index in [0.717, 1.165) is 38.6 Å². The fourth-order valence-corrected chi connectivity index (χ4v) is 3.80. The molecule has 0 atom stereocenters. The second kappa shape index (κ2) is 6.38. The van der Waals surface area contributed by atoms with Crippen LogP contribution in [0.4, 0.5) is 0 Å². The summed E-state index contributed by atoms with van der Waals surface area (Å²) in [4.78, 5) is 4.91. The Morgan fingerprint density at radius 3 is 2.41 bits per heavy atom. The van der Waals surface area contributed by atoms with Crippen molar-refractivity contribution in [3.05, 3.63) is 82.8 Å². The summed E-state index contributed by atoms with van der Waals surface area (Å²) in [6.45, 7) is 0. The molecule has 0 saturated heterocycles. The first kappa shape index (κ1) is 16.3. The smallest absolute Gasteiger partial charge is 0.178 e. The van der Waals surface area contributed by atoms with Crippen molar-refractivity contribution in [1.82, 2.24) is 10.1 Å². The summed E-state index contributed by atoms with van der Waals surface area (Å²) in [6, 6.07) is 23.2. The monoisotopic (exact) mass is 390 g/mol. The number of hydrogen-bond acceptors (Lipinski definition) is 3. The van der Waals surface area contributed by atoms with Crippen LogP contribution in [0.25, 0.3) is 44.4 Å². The van der Waals surface area contributed by atoms with Crippen molar-refractivity contribution in [3.63, 3.8) is 0 Å². The van der Waals surface area contributed by atoms with Gasteiger partial charge in [-0.05, 0) is 24.3 Å². The van der Waals surface area contributed by atoms with Gasteiger partial charge in [0.25, 0.3) is 0 Å². The second-order valence-electron chi connectivity index (χ2n) is 6.20. The number of fused-ring (bicyclic) bond motifs is 3. The molecular formula is C22H12Cl2N2O. The van der Waals surface area contributed by atoms with Crippen LogP contribution in [-0.2, 0) is 0 Å². The van der Waals surface area contributed by atoms with Crippen molar-refractivity contribution in [2.45, 2.75) is 0 Å². The summed E-state index contributed by atoms with van der Waals surface area (Å²) in [5.41, 5.74) is 4.17. The highest BCUT2D eigenvalue weighted by Crippen LogP contribution is 2.41. The molecule has 5 aromatic rings. The Morgan fingerprint density at radius 1 is 0.815 bits per heavy atom. The van der Waals surface area contributed by atoms with E-state index in [-0.39, 0.29) is 0 Å². The maximum Gasteiger partial charge on any atom is 0.178 e. The molecule has 0 bridgehead atoms. The highest BCUT2D eigenvalue weighted by molar-refractivity contribution is 6.36. The van der Waals surface area contributed by atoms with Crippen LogP contribution in [0.2, 0.25) is 10.0 Å². The molecule has 0 saturated carbocycles. The van der Waals surface area contributed by atoms with Crippen molar-refractivity contribution in [2.75, 3.05) is 0 Å². The third kappa shape index (κ3) is 2.67. The number of aromatic nitrogens is 2. The van der Waals surface area contributed by atoms with Crippen LogP contribution in [0.5, 0.6) is 0 Å². The minimum atomic E-state index is 0.507. The number of halogens is 2. The largest absolute Gasteiger partial charge is 0.355 e. The van der Waals surface area contributed by atoms with E-state index in [1.807, 2.05) is 60.7 Å². The molecule has 0 unspecified atom stereocenters. The van der Waals surface area contributed by atoms with Crippen molar-refractivity contribution in [3.8, 4) is 22.6 Å². The van der Waals surface area contributed by atoms with Crippen LogP contribution in [0.15, 0.2) is 77.3 Å². The third-order valence-electron chi connectivity index (χ3n) is 4.54. The highest BCUT2D eigenvalue weighted by atomic mass is 35.5. The predicted octanol–water partition coefficient (Wildman–Crippen LogP) is 7.02. The van der Waals surface area contributed by atoms with Crippen molar-refractivity contribution in [2.24, 2.45) is 0 Å². The van der Waals surface area contributed by atoms with E-state index in [2.05, 4.69) is 5.16 Å². The van der Waals surface area contributed by atoms with Gasteiger partial charge >= 0.3 is 0 Å². The minimum Gasteiger partial charge on any atom is -0.355 e. The van der Waals surface area contributed by atoms with Crippen LogP contribution >= 0.6 is 23.2 Å². The first-order chi connectivity index (χ1) is 13.2. The maximum atomic E-state index is 6.45. The zero-order valence-corrected chi connectivity index (χ0v) is 15.5. The van der Waals surface area contributed by atoms with Crippen molar-refractivity contribution < 1.29 is 4.52 Å². The lowest BCUT2D eigenvalue weighted by Gasteiger charge is -2.07. The van der Waals surface area contributed by atoms with E-state index >= 15 is 0 Å². The SMILES string of the molecule is Clc1ccc(-c2onc3c2c(-c2ccccc2)nc2ccccc23)c(Cl)c1. The molecule has 5 heteroatoms. The van der Waals surface area contributed by atoms with Gasteiger partial charge in [0.05, 0.1) is 21.6 Å². The van der Waals surface area contributed by atoms with Gasteiger partial charge in [-0.3, -0.25) is 0 Å². The fourth-order valence-electron chi connectivity index (χ4n) is 3.30. The van der Waals surface area contributed by atoms with Gasteiger partial charge in [0.2, 0.25) is 0 Å². The van der Waals surface area contributed by atoms with Crippen LogP contribution in [-0.4, -0.2) is 10.1 Å². The second-order valence-corrected chi connectivity index (χ2v) is 7.05. The van der Waals surface area contributed by atoms with Crippen molar-refractivity contribution >= 4 is 45.0 Å². The molecule has 0 spiro atoms. The molecule has 2 heterocycles. The predicted molar refractivity (Wildman–Crippen MR) is 110 cm³/mol. The maximum absolute atomic E-state index is 6.45. The number of pyridine rings is 1. The summed E-state index contributed by atoms with van der Waals surface area (Å²) >= 11 is 12.5. The first-order valence-electron chi connectivity index (χ1n) is 8.41. The third-order valence-corrected chi connectivity index (χ3v) is 5.09. The molecule has 0 amide bonds. The average molecular weight is 391 g/mol. The van der Waals surface area contributed by atoms with Gasteiger partial charge in [0, 0.05) is 21.5 Å². The first-order valence-corrected chi connectivity index (χ1v) is 9.17. The molecular weight excluding hydrogens is 379 g/mol. The zero-order valence-electron chi connectivity index (χ0n) is 14.0. The van der Waals surface area contributed by atoms with Crippen LogP contribution < -0.4 is 0 Å². The molecule has 0 aliphatic carbocycles. The lowest BCUT2D eigenvalue weighted by Crippen LogP contribution is -1.89. The zero-order chi connectivity index (χ0) is 18.4. The van der Waals surface area contributed by atoms with Crippen LogP contribution in [0.1, 0.15) is 0 Å². The van der Waals surface area contributed by atoms with Gasteiger partial charge in [-0.1, -0.05) is 76.9 Å². The molecule has 2 aromatic heterocycles. The number of benzene rings is 3. The summed E-state index contributed by atoms with van der Waals surface area (Å²) in [5.74, 6) is 0.587. The van der Waals surface area contributed by atoms with E-state index in [4.69, 9.17) is 32.7 Å². The van der Waals surface area contributed by atoms with Gasteiger partial charge in [-0.15, -0.1) is 0 Å². The topological polar surface area (TPSA) is 38.9 Å². The van der Waals surface area contributed by atoms with E-state index < -0.39 is 0 Å². The number of para-hydroxylation sites is 1. The minimum absolute atomic E-state index is 0.507. The van der Waals surface area contributed by atoms with E-state index in [9.17, 15) is 0 Å². The Bertz CT molecular complexity index is 1300.